The van der Waals surface area contributed by atoms with Gasteiger partial charge in [0.1, 0.15) is 0 Å². The maximum Gasteiger partial charge on any atom is 0.315 e. The Kier molecular flexibility index (Phi) is 6.65. The van der Waals surface area contributed by atoms with Gasteiger partial charge in [0.25, 0.3) is 0 Å². The van der Waals surface area contributed by atoms with Crippen LogP contribution in [0.4, 0.5) is 4.79 Å². The fraction of sp³-hybridized carbons (Fsp3) is 0.381. The van der Waals surface area contributed by atoms with Crippen LogP contribution in [0.2, 0.25) is 10.0 Å². The zero-order chi connectivity index (χ0) is 21.1. The molecule has 2 atom stereocenters. The van der Waals surface area contributed by atoms with E-state index in [1.165, 1.54) is 0 Å². The Morgan fingerprint density at radius 3 is 2.34 bits per heavy atom. The molecule has 2 unspecified atom stereocenters. The highest BCUT2D eigenvalue weighted by molar-refractivity contribution is 6.42. The van der Waals surface area contributed by atoms with Crippen LogP contribution in [0.15, 0.2) is 24.3 Å². The minimum atomic E-state index is -0.279. The predicted molar refractivity (Wildman–Crippen MR) is 114 cm³/mol. The fourth-order valence-electron chi connectivity index (χ4n) is 3.61. The van der Waals surface area contributed by atoms with Gasteiger partial charge in [-0.15, -0.1) is 0 Å². The quantitative estimate of drug-likeness (QED) is 0.660. The number of urea groups is 1. The molecular weight excluding hydrogens is 415 g/mol. The van der Waals surface area contributed by atoms with Gasteiger partial charge in [-0.3, -0.25) is 0 Å². The number of hydrogen-bond acceptors (Lipinski definition) is 4. The van der Waals surface area contributed by atoms with E-state index in [2.05, 4.69) is 10.6 Å². The van der Waals surface area contributed by atoms with E-state index in [0.29, 0.717) is 27.3 Å². The normalized spacial score (nSPS) is 16.0. The first kappa shape index (κ1) is 21.4. The molecule has 1 aliphatic rings. The molecule has 29 heavy (non-hydrogen) atoms. The van der Waals surface area contributed by atoms with Crippen LogP contribution < -0.4 is 24.8 Å². The molecule has 8 heteroatoms. The number of carbonyl (C=O) groups is 1. The van der Waals surface area contributed by atoms with Crippen molar-refractivity contribution in [3.63, 3.8) is 0 Å². The minimum Gasteiger partial charge on any atom is -0.493 e. The first-order valence-corrected chi connectivity index (χ1v) is 9.98. The Bertz CT molecular complexity index is 895. The smallest absolute Gasteiger partial charge is 0.315 e. The van der Waals surface area contributed by atoms with Crippen molar-refractivity contribution >= 4 is 29.2 Å². The van der Waals surface area contributed by atoms with Gasteiger partial charge in [0, 0.05) is 0 Å². The molecule has 1 aliphatic carbocycles. The molecule has 0 heterocycles. The average molecular weight is 439 g/mol. The van der Waals surface area contributed by atoms with Crippen molar-refractivity contribution in [2.24, 2.45) is 0 Å². The van der Waals surface area contributed by atoms with Crippen molar-refractivity contribution in [2.45, 2.75) is 31.8 Å². The Morgan fingerprint density at radius 1 is 1.10 bits per heavy atom. The molecule has 3 rings (SSSR count). The first-order valence-electron chi connectivity index (χ1n) is 9.23. The molecule has 2 N–H and O–H groups in total. The van der Waals surface area contributed by atoms with Crippen molar-refractivity contribution in [1.29, 1.82) is 0 Å². The molecule has 2 amide bonds. The van der Waals surface area contributed by atoms with Gasteiger partial charge < -0.3 is 24.8 Å². The molecule has 0 aromatic heterocycles. The number of amides is 2. The van der Waals surface area contributed by atoms with Crippen LogP contribution in [0, 0.1) is 0 Å². The van der Waals surface area contributed by atoms with Gasteiger partial charge in [0.2, 0.25) is 5.75 Å². The summed E-state index contributed by atoms with van der Waals surface area (Å²) >= 11 is 12.4. The third-order valence-corrected chi connectivity index (χ3v) is 5.97. The van der Waals surface area contributed by atoms with Crippen LogP contribution >= 0.6 is 23.2 Å². The number of ether oxygens (including phenoxy) is 3. The summed E-state index contributed by atoms with van der Waals surface area (Å²) in [6.45, 7) is 1.89. The SMILES string of the molecule is COc1cc(C(C)NC(=O)NC2CCc3c2ccc(Cl)c3Cl)cc(OC)c1OC. The fourth-order valence-corrected chi connectivity index (χ4v) is 4.06. The predicted octanol–water partition coefficient (Wildman–Crippen LogP) is 5.07. The van der Waals surface area contributed by atoms with Crippen molar-refractivity contribution < 1.29 is 19.0 Å². The number of halogens is 2. The van der Waals surface area contributed by atoms with E-state index in [1.54, 1.807) is 27.4 Å². The summed E-state index contributed by atoms with van der Waals surface area (Å²) in [7, 11) is 4.66. The van der Waals surface area contributed by atoms with Gasteiger partial charge in [-0.05, 0) is 54.7 Å². The Balaban J connectivity index is 1.72. The van der Waals surface area contributed by atoms with Crippen LogP contribution in [0.1, 0.15) is 42.1 Å². The lowest BCUT2D eigenvalue weighted by Gasteiger charge is -2.21. The van der Waals surface area contributed by atoms with Crippen molar-refractivity contribution in [3.8, 4) is 17.2 Å². The molecule has 0 aliphatic heterocycles. The van der Waals surface area contributed by atoms with Gasteiger partial charge in [-0.2, -0.15) is 0 Å². The second-order valence-electron chi connectivity index (χ2n) is 6.82. The third-order valence-electron chi connectivity index (χ3n) is 5.13. The van der Waals surface area contributed by atoms with E-state index in [0.717, 1.165) is 29.5 Å². The lowest BCUT2D eigenvalue weighted by Crippen LogP contribution is -2.38. The molecule has 2 aromatic rings. The van der Waals surface area contributed by atoms with Crippen LogP contribution in [0.5, 0.6) is 17.2 Å². The number of benzene rings is 2. The zero-order valence-electron chi connectivity index (χ0n) is 16.8. The second-order valence-corrected chi connectivity index (χ2v) is 7.60. The van der Waals surface area contributed by atoms with Gasteiger partial charge in [0.15, 0.2) is 11.5 Å². The third kappa shape index (κ3) is 4.33. The minimum absolute atomic E-state index is 0.105. The lowest BCUT2D eigenvalue weighted by atomic mass is 10.1. The molecule has 0 saturated heterocycles. The van der Waals surface area contributed by atoms with Crippen LogP contribution in [0.3, 0.4) is 0 Å². The molecular formula is C21H24Cl2N2O4. The van der Waals surface area contributed by atoms with Gasteiger partial charge >= 0.3 is 6.03 Å². The van der Waals surface area contributed by atoms with E-state index in [4.69, 9.17) is 37.4 Å². The van der Waals surface area contributed by atoms with Gasteiger partial charge in [-0.1, -0.05) is 29.3 Å². The number of methoxy groups -OCH3 is 3. The van der Waals surface area contributed by atoms with Crippen LogP contribution in [0.25, 0.3) is 0 Å². The molecule has 0 bridgehead atoms. The Morgan fingerprint density at radius 2 is 1.76 bits per heavy atom. The van der Waals surface area contributed by atoms with Crippen LogP contribution in [-0.2, 0) is 6.42 Å². The second kappa shape index (κ2) is 9.01. The first-order chi connectivity index (χ1) is 13.9. The summed E-state index contributed by atoms with van der Waals surface area (Å²) < 4.78 is 16.1. The summed E-state index contributed by atoms with van der Waals surface area (Å²) in [5.41, 5.74) is 2.84. The summed E-state index contributed by atoms with van der Waals surface area (Å²) in [5, 5.41) is 7.09. The van der Waals surface area contributed by atoms with E-state index < -0.39 is 0 Å². The number of rotatable bonds is 6. The zero-order valence-corrected chi connectivity index (χ0v) is 18.3. The summed E-state index contributed by atoms with van der Waals surface area (Å²) in [6.07, 6.45) is 1.56. The summed E-state index contributed by atoms with van der Waals surface area (Å²) in [5.74, 6) is 1.58. The van der Waals surface area contributed by atoms with E-state index in [9.17, 15) is 4.79 Å². The Labute approximate surface area is 180 Å². The highest BCUT2D eigenvalue weighted by Crippen LogP contribution is 2.40. The molecule has 0 spiro atoms. The highest BCUT2D eigenvalue weighted by Gasteiger charge is 2.27. The van der Waals surface area contributed by atoms with Gasteiger partial charge in [-0.25, -0.2) is 4.79 Å². The van der Waals surface area contributed by atoms with E-state index in [-0.39, 0.29) is 18.1 Å². The monoisotopic (exact) mass is 438 g/mol. The molecule has 0 radical (unpaired) electrons. The number of hydrogen-bond donors (Lipinski definition) is 2. The topological polar surface area (TPSA) is 68.8 Å². The standard InChI is InChI=1S/C21H24Cl2N2O4/c1-11(12-9-17(27-2)20(29-4)18(10-12)28-3)24-21(26)25-16-8-6-14-13(16)5-7-15(22)19(14)23/h5,7,9-11,16H,6,8H2,1-4H3,(H2,24,25,26). The molecule has 0 fully saturated rings. The van der Waals surface area contributed by atoms with E-state index >= 15 is 0 Å². The van der Waals surface area contributed by atoms with Crippen molar-refractivity contribution in [2.75, 3.05) is 21.3 Å². The van der Waals surface area contributed by atoms with Crippen LogP contribution in [-0.4, -0.2) is 27.4 Å². The van der Waals surface area contributed by atoms with E-state index in [1.807, 2.05) is 25.1 Å². The number of fused-ring (bicyclic) bond motifs is 1. The average Bonchev–Trinajstić information content (AvgIpc) is 3.12. The lowest BCUT2D eigenvalue weighted by molar-refractivity contribution is 0.234. The summed E-state index contributed by atoms with van der Waals surface area (Å²) in [6, 6.07) is 6.67. The molecule has 0 saturated carbocycles. The summed E-state index contributed by atoms with van der Waals surface area (Å²) in [4.78, 5) is 12.6. The highest BCUT2D eigenvalue weighted by atomic mass is 35.5. The number of carbonyl (C=O) groups excluding carboxylic acids is 1. The number of nitrogens with one attached hydrogen (secondary N) is 2. The van der Waals surface area contributed by atoms with Crippen molar-refractivity contribution in [1.82, 2.24) is 10.6 Å². The van der Waals surface area contributed by atoms with Gasteiger partial charge in [0.05, 0.1) is 43.5 Å². The Hall–Kier alpha value is -2.31. The maximum atomic E-state index is 12.6. The molecule has 2 aromatic carbocycles. The molecule has 6 nitrogen and oxygen atoms in total. The largest absolute Gasteiger partial charge is 0.493 e. The maximum absolute atomic E-state index is 12.6. The molecule has 156 valence electrons. The van der Waals surface area contributed by atoms with Crippen molar-refractivity contribution in [3.05, 3.63) is 51.0 Å².